The average molecular weight is 312 g/mol. The van der Waals surface area contributed by atoms with Crippen LogP contribution in [0.1, 0.15) is 17.3 Å². The molecule has 0 unspecified atom stereocenters. The Kier molecular flexibility index (Phi) is 4.56. The Balaban J connectivity index is 1.50. The monoisotopic (exact) mass is 312 g/mol. The molecule has 3 rings (SSSR count). The van der Waals surface area contributed by atoms with Gasteiger partial charge in [-0.3, -0.25) is 4.99 Å². The fraction of sp³-hybridized carbons (Fsp3) is 0.312. The maximum Gasteiger partial charge on any atom is 0.223 e. The molecule has 0 aliphatic rings. The van der Waals surface area contributed by atoms with Gasteiger partial charge in [-0.2, -0.15) is 4.98 Å². The number of hydrogen-bond acceptors (Lipinski definition) is 4. The lowest BCUT2D eigenvalue weighted by molar-refractivity contribution is 0.387. The van der Waals surface area contributed by atoms with Crippen molar-refractivity contribution >= 4 is 16.9 Å². The normalized spacial score (nSPS) is 11.8. The van der Waals surface area contributed by atoms with Crippen LogP contribution in [0.5, 0.6) is 0 Å². The molecule has 0 bridgehead atoms. The van der Waals surface area contributed by atoms with Crippen molar-refractivity contribution in [2.75, 3.05) is 13.6 Å². The summed E-state index contributed by atoms with van der Waals surface area (Å²) >= 11 is 0. The fourth-order valence-corrected chi connectivity index (χ4v) is 2.45. The largest absolute Gasteiger partial charge is 0.361 e. The molecule has 3 N–H and O–H groups in total. The van der Waals surface area contributed by atoms with Crippen molar-refractivity contribution in [3.8, 4) is 0 Å². The number of H-pyrrole nitrogens is 1. The Labute approximate surface area is 134 Å². The van der Waals surface area contributed by atoms with Crippen LogP contribution in [0.3, 0.4) is 0 Å². The quantitative estimate of drug-likeness (QED) is 0.493. The highest BCUT2D eigenvalue weighted by Crippen LogP contribution is 2.17. The molecule has 2 aromatic heterocycles. The molecule has 23 heavy (non-hydrogen) atoms. The fourth-order valence-electron chi connectivity index (χ4n) is 2.45. The molecule has 0 atom stereocenters. The van der Waals surface area contributed by atoms with Gasteiger partial charge in [0.15, 0.2) is 11.8 Å². The molecule has 0 spiro atoms. The molecule has 1 aromatic carbocycles. The molecule has 0 fully saturated rings. The third-order valence-corrected chi connectivity index (χ3v) is 3.57. The third-order valence-electron chi connectivity index (χ3n) is 3.57. The molecule has 7 nitrogen and oxygen atoms in total. The second kappa shape index (κ2) is 6.95. The molecule has 0 saturated carbocycles. The van der Waals surface area contributed by atoms with E-state index in [1.807, 2.05) is 6.07 Å². The highest BCUT2D eigenvalue weighted by Gasteiger charge is 2.05. The van der Waals surface area contributed by atoms with Gasteiger partial charge in [-0.15, -0.1) is 0 Å². The van der Waals surface area contributed by atoms with Gasteiger partial charge in [0.25, 0.3) is 0 Å². The lowest BCUT2D eigenvalue weighted by atomic mass is 10.1. The van der Waals surface area contributed by atoms with Gasteiger partial charge in [0.1, 0.15) is 0 Å². The molecule has 2 heterocycles. The second-order valence-electron chi connectivity index (χ2n) is 5.19. The summed E-state index contributed by atoms with van der Waals surface area (Å²) in [7, 11) is 1.74. The van der Waals surface area contributed by atoms with Gasteiger partial charge >= 0.3 is 0 Å². The van der Waals surface area contributed by atoms with Gasteiger partial charge in [0, 0.05) is 37.6 Å². The molecule has 3 aromatic rings. The van der Waals surface area contributed by atoms with Crippen LogP contribution in [0, 0.1) is 6.92 Å². The van der Waals surface area contributed by atoms with Gasteiger partial charge in [-0.05, 0) is 18.1 Å². The summed E-state index contributed by atoms with van der Waals surface area (Å²) < 4.78 is 4.94. The summed E-state index contributed by atoms with van der Waals surface area (Å²) in [5.74, 6) is 1.89. The SMILES string of the molecule is CN=C(NCCc1c[nH]c2ccccc12)NCc1noc(C)n1. The minimum atomic E-state index is 0.476. The number of aromatic amines is 1. The maximum atomic E-state index is 4.94. The topological polar surface area (TPSA) is 91.1 Å². The highest BCUT2D eigenvalue weighted by atomic mass is 16.5. The Morgan fingerprint density at radius 2 is 2.17 bits per heavy atom. The van der Waals surface area contributed by atoms with Crippen molar-refractivity contribution in [2.45, 2.75) is 19.9 Å². The average Bonchev–Trinajstić information content (AvgIpc) is 3.17. The molecular weight excluding hydrogens is 292 g/mol. The molecular formula is C16H20N6O. The summed E-state index contributed by atoms with van der Waals surface area (Å²) in [5, 5.41) is 11.6. The predicted octanol–water partition coefficient (Wildman–Crippen LogP) is 1.77. The lowest BCUT2D eigenvalue weighted by Crippen LogP contribution is -2.38. The van der Waals surface area contributed by atoms with Gasteiger partial charge in [0.2, 0.25) is 5.89 Å². The number of nitrogens with one attached hydrogen (secondary N) is 3. The molecule has 7 heteroatoms. The molecule has 0 aliphatic heterocycles. The zero-order valence-electron chi connectivity index (χ0n) is 13.3. The van der Waals surface area contributed by atoms with E-state index >= 15 is 0 Å². The number of aliphatic imine (C=N–C) groups is 1. The minimum absolute atomic E-state index is 0.476. The number of nitrogens with zero attached hydrogens (tertiary/aromatic N) is 3. The number of guanidine groups is 1. The first-order valence-corrected chi connectivity index (χ1v) is 7.55. The first kappa shape index (κ1) is 15.1. The minimum Gasteiger partial charge on any atom is -0.361 e. The van der Waals surface area contributed by atoms with Crippen LogP contribution < -0.4 is 10.6 Å². The van der Waals surface area contributed by atoms with Crippen LogP contribution in [0.4, 0.5) is 0 Å². The van der Waals surface area contributed by atoms with E-state index in [0.29, 0.717) is 24.2 Å². The highest BCUT2D eigenvalue weighted by molar-refractivity contribution is 5.83. The summed E-state index contributed by atoms with van der Waals surface area (Å²) in [4.78, 5) is 11.6. The van der Waals surface area contributed by atoms with E-state index in [1.165, 1.54) is 10.9 Å². The molecule has 0 aliphatic carbocycles. The second-order valence-corrected chi connectivity index (χ2v) is 5.19. The Bertz CT molecular complexity index is 804. The van der Waals surface area contributed by atoms with E-state index < -0.39 is 0 Å². The maximum absolute atomic E-state index is 4.94. The molecule has 120 valence electrons. The number of aromatic nitrogens is 3. The first-order chi connectivity index (χ1) is 11.3. The van der Waals surface area contributed by atoms with Crippen molar-refractivity contribution in [3.63, 3.8) is 0 Å². The zero-order valence-corrected chi connectivity index (χ0v) is 13.3. The predicted molar refractivity (Wildman–Crippen MR) is 89.2 cm³/mol. The van der Waals surface area contributed by atoms with Crippen LogP contribution >= 0.6 is 0 Å². The van der Waals surface area contributed by atoms with Crippen LogP contribution in [0.2, 0.25) is 0 Å². The number of fused-ring (bicyclic) bond motifs is 1. The smallest absolute Gasteiger partial charge is 0.223 e. The summed E-state index contributed by atoms with van der Waals surface area (Å²) in [6.07, 6.45) is 2.97. The number of aryl methyl sites for hydroxylation is 1. The van der Waals surface area contributed by atoms with E-state index in [0.717, 1.165) is 18.5 Å². The van der Waals surface area contributed by atoms with Crippen molar-refractivity contribution in [1.82, 2.24) is 25.8 Å². The molecule has 0 saturated heterocycles. The van der Waals surface area contributed by atoms with Crippen LogP contribution in [0.25, 0.3) is 10.9 Å². The number of hydrogen-bond donors (Lipinski definition) is 3. The van der Waals surface area contributed by atoms with E-state index in [4.69, 9.17) is 4.52 Å². The summed E-state index contributed by atoms with van der Waals surface area (Å²) in [6, 6.07) is 8.30. The van der Waals surface area contributed by atoms with E-state index in [2.05, 4.69) is 55.1 Å². The Morgan fingerprint density at radius 1 is 1.30 bits per heavy atom. The van der Waals surface area contributed by atoms with E-state index in [1.54, 1.807) is 14.0 Å². The van der Waals surface area contributed by atoms with Crippen LogP contribution in [0.15, 0.2) is 40.0 Å². The first-order valence-electron chi connectivity index (χ1n) is 7.55. The van der Waals surface area contributed by atoms with E-state index in [9.17, 15) is 0 Å². The van der Waals surface area contributed by atoms with E-state index in [-0.39, 0.29) is 0 Å². The lowest BCUT2D eigenvalue weighted by Gasteiger charge is -2.10. The number of rotatable bonds is 5. The van der Waals surface area contributed by atoms with Crippen molar-refractivity contribution in [3.05, 3.63) is 47.7 Å². The molecule has 0 radical (unpaired) electrons. The van der Waals surface area contributed by atoms with Crippen molar-refractivity contribution in [2.24, 2.45) is 4.99 Å². The number of para-hydroxylation sites is 1. The van der Waals surface area contributed by atoms with Gasteiger partial charge in [0.05, 0.1) is 6.54 Å². The Morgan fingerprint density at radius 3 is 2.96 bits per heavy atom. The van der Waals surface area contributed by atoms with Gasteiger partial charge < -0.3 is 20.1 Å². The standard InChI is InChI=1S/C16H20N6O/c1-11-21-15(22-23-11)10-20-16(17-2)18-8-7-12-9-19-14-6-4-3-5-13(12)14/h3-6,9,19H,7-8,10H2,1-2H3,(H2,17,18,20). The summed E-state index contributed by atoms with van der Waals surface area (Å²) in [5.41, 5.74) is 2.45. The van der Waals surface area contributed by atoms with Crippen LogP contribution in [-0.4, -0.2) is 34.7 Å². The van der Waals surface area contributed by atoms with Gasteiger partial charge in [-0.25, -0.2) is 0 Å². The Hall–Kier alpha value is -2.83. The summed E-state index contributed by atoms with van der Waals surface area (Å²) in [6.45, 7) is 3.03. The van der Waals surface area contributed by atoms with Crippen molar-refractivity contribution in [1.29, 1.82) is 0 Å². The molecule has 0 amide bonds. The number of benzene rings is 1. The van der Waals surface area contributed by atoms with Gasteiger partial charge in [-0.1, -0.05) is 23.4 Å². The van der Waals surface area contributed by atoms with Crippen LogP contribution in [-0.2, 0) is 13.0 Å². The van der Waals surface area contributed by atoms with Crippen molar-refractivity contribution < 1.29 is 4.52 Å². The third kappa shape index (κ3) is 3.68. The zero-order chi connectivity index (χ0) is 16.1.